The van der Waals surface area contributed by atoms with Gasteiger partial charge in [-0.25, -0.2) is 0 Å². The standard InChI is InChI=1S/C16H22N2O/c1-16(2)8-13(16)10-18-15(19)14-7-11-5-3-4-6-12(11)9-17-14/h3-6,13-14,17H,7-10H2,1-2H3,(H,18,19)/t13?,14-/m0/s1. The molecule has 0 bridgehead atoms. The highest BCUT2D eigenvalue weighted by molar-refractivity contribution is 5.82. The van der Waals surface area contributed by atoms with E-state index < -0.39 is 0 Å². The number of carbonyl (C=O) groups excluding carboxylic acids is 1. The number of amides is 1. The van der Waals surface area contributed by atoms with E-state index in [0.717, 1.165) is 19.5 Å². The van der Waals surface area contributed by atoms with Gasteiger partial charge >= 0.3 is 0 Å². The van der Waals surface area contributed by atoms with E-state index in [1.54, 1.807) is 0 Å². The van der Waals surface area contributed by atoms with Crippen LogP contribution in [0.2, 0.25) is 0 Å². The van der Waals surface area contributed by atoms with Crippen molar-refractivity contribution in [2.24, 2.45) is 11.3 Å². The summed E-state index contributed by atoms with van der Waals surface area (Å²) in [5.41, 5.74) is 3.04. The van der Waals surface area contributed by atoms with Crippen LogP contribution < -0.4 is 10.6 Å². The predicted octanol–water partition coefficient (Wildman–Crippen LogP) is 1.86. The highest BCUT2D eigenvalue weighted by Gasteiger charge is 2.45. The maximum Gasteiger partial charge on any atom is 0.237 e. The van der Waals surface area contributed by atoms with Gasteiger partial charge in [0.1, 0.15) is 0 Å². The Morgan fingerprint density at radius 2 is 2.05 bits per heavy atom. The Kier molecular flexibility index (Phi) is 3.09. The third kappa shape index (κ3) is 2.66. The molecule has 3 heteroatoms. The molecule has 1 amide bonds. The maximum atomic E-state index is 12.2. The van der Waals surface area contributed by atoms with Crippen molar-refractivity contribution in [3.8, 4) is 0 Å². The van der Waals surface area contributed by atoms with Gasteiger partial charge in [0.2, 0.25) is 5.91 Å². The first-order chi connectivity index (χ1) is 9.06. The number of rotatable bonds is 3. The zero-order chi connectivity index (χ0) is 13.5. The summed E-state index contributed by atoms with van der Waals surface area (Å²) in [7, 11) is 0. The van der Waals surface area contributed by atoms with Crippen LogP contribution in [-0.2, 0) is 17.8 Å². The van der Waals surface area contributed by atoms with E-state index >= 15 is 0 Å². The smallest absolute Gasteiger partial charge is 0.237 e. The Morgan fingerprint density at radius 1 is 1.37 bits per heavy atom. The minimum Gasteiger partial charge on any atom is -0.354 e. The first kappa shape index (κ1) is 12.7. The van der Waals surface area contributed by atoms with E-state index in [1.807, 2.05) is 6.07 Å². The molecular formula is C16H22N2O. The quantitative estimate of drug-likeness (QED) is 0.869. The Balaban J connectivity index is 1.55. The summed E-state index contributed by atoms with van der Waals surface area (Å²) in [4.78, 5) is 12.2. The second-order valence-electron chi connectivity index (χ2n) is 6.54. The lowest BCUT2D eigenvalue weighted by molar-refractivity contribution is -0.123. The Hall–Kier alpha value is -1.35. The summed E-state index contributed by atoms with van der Waals surface area (Å²) in [5, 5.41) is 6.43. The van der Waals surface area contributed by atoms with Crippen LogP contribution in [0.1, 0.15) is 31.4 Å². The van der Waals surface area contributed by atoms with Crippen LogP contribution in [0.15, 0.2) is 24.3 Å². The molecule has 1 aliphatic heterocycles. The minimum atomic E-state index is -0.0724. The second-order valence-corrected chi connectivity index (χ2v) is 6.54. The normalized spacial score (nSPS) is 27.5. The molecule has 1 saturated carbocycles. The highest BCUT2D eigenvalue weighted by atomic mass is 16.2. The number of carbonyl (C=O) groups is 1. The van der Waals surface area contributed by atoms with Gasteiger partial charge in [0.25, 0.3) is 0 Å². The summed E-state index contributed by atoms with van der Waals surface area (Å²) in [5.74, 6) is 0.810. The molecule has 19 heavy (non-hydrogen) atoms. The Labute approximate surface area is 114 Å². The molecule has 1 heterocycles. The van der Waals surface area contributed by atoms with E-state index in [0.29, 0.717) is 11.3 Å². The zero-order valence-corrected chi connectivity index (χ0v) is 11.7. The molecule has 1 aromatic rings. The Morgan fingerprint density at radius 3 is 2.74 bits per heavy atom. The monoisotopic (exact) mass is 258 g/mol. The molecule has 2 aliphatic rings. The van der Waals surface area contributed by atoms with Crippen molar-refractivity contribution in [3.63, 3.8) is 0 Å². The average Bonchev–Trinajstić information content (AvgIpc) is 3.03. The summed E-state index contributed by atoms with van der Waals surface area (Å²) >= 11 is 0. The molecular weight excluding hydrogens is 236 g/mol. The lowest BCUT2D eigenvalue weighted by Gasteiger charge is -2.25. The van der Waals surface area contributed by atoms with Crippen LogP contribution >= 0.6 is 0 Å². The molecule has 1 aliphatic carbocycles. The Bertz CT molecular complexity index is 495. The van der Waals surface area contributed by atoms with E-state index in [9.17, 15) is 4.79 Å². The lowest BCUT2D eigenvalue weighted by atomic mass is 9.95. The van der Waals surface area contributed by atoms with Gasteiger partial charge in [-0.15, -0.1) is 0 Å². The fourth-order valence-electron chi connectivity index (χ4n) is 2.91. The van der Waals surface area contributed by atoms with Crippen LogP contribution in [0.25, 0.3) is 0 Å². The van der Waals surface area contributed by atoms with Crippen molar-refractivity contribution >= 4 is 5.91 Å². The lowest BCUT2D eigenvalue weighted by Crippen LogP contribution is -2.48. The predicted molar refractivity (Wildman–Crippen MR) is 75.7 cm³/mol. The van der Waals surface area contributed by atoms with Crippen molar-refractivity contribution in [3.05, 3.63) is 35.4 Å². The topological polar surface area (TPSA) is 41.1 Å². The number of hydrogen-bond donors (Lipinski definition) is 2. The van der Waals surface area contributed by atoms with E-state index in [-0.39, 0.29) is 11.9 Å². The largest absolute Gasteiger partial charge is 0.354 e. The molecule has 1 fully saturated rings. The summed E-state index contributed by atoms with van der Waals surface area (Å²) in [6, 6.07) is 8.28. The zero-order valence-electron chi connectivity index (χ0n) is 11.7. The van der Waals surface area contributed by atoms with Gasteiger partial charge in [0.05, 0.1) is 6.04 Å². The van der Waals surface area contributed by atoms with Crippen molar-refractivity contribution in [2.75, 3.05) is 6.54 Å². The van der Waals surface area contributed by atoms with Crippen LogP contribution in [-0.4, -0.2) is 18.5 Å². The molecule has 1 aromatic carbocycles. The summed E-state index contributed by atoms with van der Waals surface area (Å²) in [6.07, 6.45) is 2.03. The van der Waals surface area contributed by atoms with Crippen LogP contribution in [0.4, 0.5) is 0 Å². The fraction of sp³-hybridized carbons (Fsp3) is 0.562. The molecule has 0 aromatic heterocycles. The van der Waals surface area contributed by atoms with E-state index in [4.69, 9.17) is 0 Å². The molecule has 1 unspecified atom stereocenters. The van der Waals surface area contributed by atoms with Gasteiger partial charge in [-0.2, -0.15) is 0 Å². The number of nitrogens with one attached hydrogen (secondary N) is 2. The summed E-state index contributed by atoms with van der Waals surface area (Å²) in [6.45, 7) is 6.15. The molecule has 3 rings (SSSR count). The summed E-state index contributed by atoms with van der Waals surface area (Å²) < 4.78 is 0. The van der Waals surface area contributed by atoms with Gasteiger partial charge in [0, 0.05) is 13.1 Å². The van der Waals surface area contributed by atoms with Gasteiger partial charge in [0.15, 0.2) is 0 Å². The van der Waals surface area contributed by atoms with Crippen molar-refractivity contribution in [1.29, 1.82) is 0 Å². The van der Waals surface area contributed by atoms with Crippen LogP contribution in [0, 0.1) is 11.3 Å². The molecule has 0 saturated heterocycles. The molecule has 2 atom stereocenters. The van der Waals surface area contributed by atoms with Crippen LogP contribution in [0.3, 0.4) is 0 Å². The SMILES string of the molecule is CC1(C)CC1CNC(=O)[C@@H]1Cc2ccccc2CN1. The maximum absolute atomic E-state index is 12.2. The number of fused-ring (bicyclic) bond motifs is 1. The molecule has 0 radical (unpaired) electrons. The highest BCUT2D eigenvalue weighted by Crippen LogP contribution is 2.50. The molecule has 2 N–H and O–H groups in total. The second kappa shape index (κ2) is 4.64. The van der Waals surface area contributed by atoms with Crippen molar-refractivity contribution in [2.45, 2.75) is 39.3 Å². The third-order valence-electron chi connectivity index (χ3n) is 4.64. The minimum absolute atomic E-state index is 0.0724. The molecule has 3 nitrogen and oxygen atoms in total. The first-order valence-corrected chi connectivity index (χ1v) is 7.14. The van der Waals surface area contributed by atoms with Gasteiger partial charge in [-0.1, -0.05) is 38.1 Å². The molecule has 0 spiro atoms. The number of hydrogen-bond acceptors (Lipinski definition) is 2. The van der Waals surface area contributed by atoms with Gasteiger partial charge in [-0.05, 0) is 35.3 Å². The van der Waals surface area contributed by atoms with Gasteiger partial charge in [-0.3, -0.25) is 4.79 Å². The van der Waals surface area contributed by atoms with E-state index in [1.165, 1.54) is 17.5 Å². The van der Waals surface area contributed by atoms with E-state index in [2.05, 4.69) is 42.7 Å². The fourth-order valence-corrected chi connectivity index (χ4v) is 2.91. The average molecular weight is 258 g/mol. The number of benzene rings is 1. The van der Waals surface area contributed by atoms with Crippen molar-refractivity contribution < 1.29 is 4.79 Å². The third-order valence-corrected chi connectivity index (χ3v) is 4.64. The van der Waals surface area contributed by atoms with Gasteiger partial charge < -0.3 is 10.6 Å². The first-order valence-electron chi connectivity index (χ1n) is 7.14. The van der Waals surface area contributed by atoms with Crippen molar-refractivity contribution in [1.82, 2.24) is 10.6 Å². The van der Waals surface area contributed by atoms with Crippen LogP contribution in [0.5, 0.6) is 0 Å². The molecule has 102 valence electrons.